The molecule has 0 unspecified atom stereocenters. The number of carbonyl (C=O) groups excluding carboxylic acids is 1. The second-order valence-electron chi connectivity index (χ2n) is 4.29. The van der Waals surface area contributed by atoms with E-state index in [0.29, 0.717) is 5.56 Å². The Balaban J connectivity index is 1.88. The van der Waals surface area contributed by atoms with Crippen LogP contribution in [-0.4, -0.2) is 5.91 Å². The first-order valence-corrected chi connectivity index (χ1v) is 5.93. The van der Waals surface area contributed by atoms with E-state index in [0.717, 1.165) is 19.3 Å². The summed E-state index contributed by atoms with van der Waals surface area (Å²) in [5, 5.41) is 2.80. The average molecular weight is 233 g/mol. The average Bonchev–Trinajstić information content (AvgIpc) is 2.38. The van der Waals surface area contributed by atoms with Crippen molar-refractivity contribution in [2.75, 3.05) is 0 Å². The van der Waals surface area contributed by atoms with Crippen molar-refractivity contribution in [2.45, 2.75) is 25.8 Å². The largest absolute Gasteiger partial charge is 0.352 e. The van der Waals surface area contributed by atoms with Gasteiger partial charge in [-0.1, -0.05) is 30.4 Å². The van der Waals surface area contributed by atoms with Gasteiger partial charge < -0.3 is 5.32 Å². The predicted molar refractivity (Wildman–Crippen MR) is 64.7 cm³/mol. The van der Waals surface area contributed by atoms with Gasteiger partial charge in [-0.3, -0.25) is 4.79 Å². The zero-order chi connectivity index (χ0) is 12.1. The summed E-state index contributed by atoms with van der Waals surface area (Å²) in [6.45, 7) is 0.270. The van der Waals surface area contributed by atoms with E-state index in [1.807, 2.05) is 6.08 Å². The van der Waals surface area contributed by atoms with Crippen molar-refractivity contribution in [3.8, 4) is 0 Å². The molecule has 0 radical (unpaired) electrons. The third-order valence-electron chi connectivity index (χ3n) is 3.05. The summed E-state index contributed by atoms with van der Waals surface area (Å²) in [5.41, 5.74) is 0.534. The lowest BCUT2D eigenvalue weighted by Crippen LogP contribution is -2.31. The van der Waals surface area contributed by atoms with Crippen LogP contribution >= 0.6 is 0 Å². The summed E-state index contributed by atoms with van der Waals surface area (Å²) in [4.78, 5) is 11.8. The van der Waals surface area contributed by atoms with E-state index >= 15 is 0 Å². The Kier molecular flexibility index (Phi) is 3.91. The Labute approximate surface area is 101 Å². The highest BCUT2D eigenvalue weighted by Gasteiger charge is 2.18. The van der Waals surface area contributed by atoms with Crippen molar-refractivity contribution in [3.63, 3.8) is 0 Å². The molecule has 0 aromatic heterocycles. The monoisotopic (exact) mass is 233 g/mol. The molecule has 1 atom stereocenters. The zero-order valence-electron chi connectivity index (χ0n) is 9.66. The van der Waals surface area contributed by atoms with Gasteiger partial charge in [0.2, 0.25) is 5.91 Å². The fraction of sp³-hybridized carbons (Fsp3) is 0.357. The number of allylic oxidation sites excluding steroid dienone is 2. The summed E-state index contributed by atoms with van der Waals surface area (Å²) in [5.74, 6) is -0.194. The molecule has 1 N–H and O–H groups in total. The molecule has 0 saturated heterocycles. The Morgan fingerprint density at radius 1 is 1.35 bits per heavy atom. The van der Waals surface area contributed by atoms with Crippen LogP contribution in [-0.2, 0) is 11.3 Å². The van der Waals surface area contributed by atoms with Crippen LogP contribution < -0.4 is 5.32 Å². The first kappa shape index (κ1) is 11.8. The minimum atomic E-state index is -0.267. The third-order valence-corrected chi connectivity index (χ3v) is 3.05. The first-order valence-electron chi connectivity index (χ1n) is 5.93. The van der Waals surface area contributed by atoms with Crippen molar-refractivity contribution in [3.05, 3.63) is 47.8 Å². The second-order valence-corrected chi connectivity index (χ2v) is 4.29. The molecule has 0 saturated carbocycles. The van der Waals surface area contributed by atoms with Crippen molar-refractivity contribution in [1.82, 2.24) is 5.32 Å². The normalized spacial score (nSPS) is 19.0. The Morgan fingerprint density at radius 2 is 2.18 bits per heavy atom. The first-order chi connectivity index (χ1) is 8.27. The van der Waals surface area contributed by atoms with Gasteiger partial charge in [0.15, 0.2) is 0 Å². The van der Waals surface area contributed by atoms with Crippen LogP contribution in [0, 0.1) is 11.7 Å². The van der Waals surface area contributed by atoms with Crippen molar-refractivity contribution < 1.29 is 9.18 Å². The number of hydrogen-bond donors (Lipinski definition) is 1. The van der Waals surface area contributed by atoms with E-state index in [-0.39, 0.29) is 24.2 Å². The van der Waals surface area contributed by atoms with Crippen LogP contribution in [0.1, 0.15) is 24.8 Å². The van der Waals surface area contributed by atoms with Crippen LogP contribution in [0.2, 0.25) is 0 Å². The topological polar surface area (TPSA) is 29.1 Å². The van der Waals surface area contributed by atoms with Gasteiger partial charge in [0.05, 0.1) is 0 Å². The van der Waals surface area contributed by atoms with Gasteiger partial charge >= 0.3 is 0 Å². The molecule has 1 aliphatic rings. The molecule has 0 spiro atoms. The van der Waals surface area contributed by atoms with Crippen LogP contribution in [0.25, 0.3) is 0 Å². The van der Waals surface area contributed by atoms with Gasteiger partial charge in [-0.15, -0.1) is 0 Å². The molecule has 90 valence electrons. The fourth-order valence-corrected chi connectivity index (χ4v) is 2.00. The van der Waals surface area contributed by atoms with E-state index in [9.17, 15) is 9.18 Å². The molecule has 17 heavy (non-hydrogen) atoms. The molecule has 0 heterocycles. The molecule has 0 fully saturated rings. The van der Waals surface area contributed by atoms with Gasteiger partial charge in [0.1, 0.15) is 5.82 Å². The van der Waals surface area contributed by atoms with Crippen LogP contribution in [0.3, 0.4) is 0 Å². The van der Waals surface area contributed by atoms with E-state index in [1.165, 1.54) is 6.07 Å². The van der Waals surface area contributed by atoms with Crippen LogP contribution in [0.4, 0.5) is 4.39 Å². The Hall–Kier alpha value is -1.64. The highest BCUT2D eigenvalue weighted by molar-refractivity contribution is 5.78. The molecule has 0 bridgehead atoms. The number of halogens is 1. The molecule has 2 nitrogen and oxygen atoms in total. The van der Waals surface area contributed by atoms with Crippen LogP contribution in [0.15, 0.2) is 36.4 Å². The van der Waals surface area contributed by atoms with Crippen LogP contribution in [0.5, 0.6) is 0 Å². The summed E-state index contributed by atoms with van der Waals surface area (Å²) >= 11 is 0. The van der Waals surface area contributed by atoms with E-state index in [2.05, 4.69) is 11.4 Å². The van der Waals surface area contributed by atoms with Crippen molar-refractivity contribution in [1.29, 1.82) is 0 Å². The fourth-order valence-electron chi connectivity index (χ4n) is 2.00. The van der Waals surface area contributed by atoms with Gasteiger partial charge in [0, 0.05) is 18.0 Å². The van der Waals surface area contributed by atoms with Crippen molar-refractivity contribution >= 4 is 5.91 Å². The zero-order valence-corrected chi connectivity index (χ0v) is 9.66. The number of rotatable bonds is 3. The summed E-state index contributed by atoms with van der Waals surface area (Å²) < 4.78 is 13.3. The maximum absolute atomic E-state index is 13.3. The second kappa shape index (κ2) is 5.62. The highest BCUT2D eigenvalue weighted by atomic mass is 19.1. The maximum atomic E-state index is 13.3. The molecule has 2 rings (SSSR count). The molecule has 1 aromatic rings. The third kappa shape index (κ3) is 3.16. The maximum Gasteiger partial charge on any atom is 0.223 e. The van der Waals surface area contributed by atoms with E-state index in [4.69, 9.17) is 0 Å². The Morgan fingerprint density at radius 3 is 2.88 bits per heavy atom. The number of carbonyl (C=O) groups is 1. The predicted octanol–water partition coefficient (Wildman–Crippen LogP) is 2.80. The quantitative estimate of drug-likeness (QED) is 0.799. The summed E-state index contributed by atoms with van der Waals surface area (Å²) in [6.07, 6.45) is 6.78. The van der Waals surface area contributed by atoms with Gasteiger partial charge in [-0.05, 0) is 25.3 Å². The number of hydrogen-bond acceptors (Lipinski definition) is 1. The molecule has 1 aromatic carbocycles. The SMILES string of the molecule is O=C(NCc1ccccc1F)[C@H]1CC=CCC1. The lowest BCUT2D eigenvalue weighted by atomic mass is 9.93. The number of nitrogens with one attached hydrogen (secondary N) is 1. The summed E-state index contributed by atoms with van der Waals surface area (Å²) in [7, 11) is 0. The molecule has 3 heteroatoms. The molecule has 1 aliphatic carbocycles. The molecular weight excluding hydrogens is 217 g/mol. The van der Waals surface area contributed by atoms with E-state index < -0.39 is 0 Å². The summed E-state index contributed by atoms with van der Waals surface area (Å²) in [6, 6.07) is 6.52. The lowest BCUT2D eigenvalue weighted by Gasteiger charge is -2.17. The number of benzene rings is 1. The van der Waals surface area contributed by atoms with Gasteiger partial charge in [-0.25, -0.2) is 4.39 Å². The Bertz CT molecular complexity index is 428. The number of amides is 1. The molecule has 1 amide bonds. The van der Waals surface area contributed by atoms with Gasteiger partial charge in [0.25, 0.3) is 0 Å². The smallest absolute Gasteiger partial charge is 0.223 e. The standard InChI is InChI=1S/C14H16FNO/c15-13-9-5-4-8-12(13)10-16-14(17)11-6-2-1-3-7-11/h1-2,4-5,8-9,11H,3,6-7,10H2,(H,16,17)/t11-/m0/s1. The lowest BCUT2D eigenvalue weighted by molar-refractivity contribution is -0.125. The molecule has 0 aliphatic heterocycles. The minimum Gasteiger partial charge on any atom is -0.352 e. The minimum absolute atomic E-state index is 0.0256. The molecular formula is C14H16FNO. The van der Waals surface area contributed by atoms with Crippen molar-refractivity contribution in [2.24, 2.45) is 5.92 Å². The van der Waals surface area contributed by atoms with E-state index in [1.54, 1.807) is 18.2 Å². The highest BCUT2D eigenvalue weighted by Crippen LogP contribution is 2.18. The van der Waals surface area contributed by atoms with Gasteiger partial charge in [-0.2, -0.15) is 0 Å².